The van der Waals surface area contributed by atoms with Crippen LogP contribution < -0.4 is 14.8 Å². The van der Waals surface area contributed by atoms with E-state index in [0.717, 1.165) is 5.39 Å². The average molecular weight is 411 g/mol. The molecule has 1 aromatic heterocycles. The van der Waals surface area contributed by atoms with Crippen LogP contribution in [0.5, 0.6) is 11.5 Å². The van der Waals surface area contributed by atoms with Gasteiger partial charge in [0, 0.05) is 18.1 Å². The third kappa shape index (κ3) is 4.23. The fourth-order valence-electron chi connectivity index (χ4n) is 3.19. The number of nitrogens with one attached hydrogen (secondary N) is 1. The number of benzene rings is 2. The predicted octanol–water partition coefficient (Wildman–Crippen LogP) is 2.69. The second-order valence-corrected chi connectivity index (χ2v) is 6.72. The van der Waals surface area contributed by atoms with Crippen LogP contribution in [0.25, 0.3) is 11.0 Å². The second-order valence-electron chi connectivity index (χ2n) is 6.72. The van der Waals surface area contributed by atoms with Crippen molar-refractivity contribution in [3.8, 4) is 11.5 Å². The monoisotopic (exact) mass is 411 g/mol. The van der Waals surface area contributed by atoms with Crippen molar-refractivity contribution in [2.75, 3.05) is 26.9 Å². The number of carbonyl (C=O) groups is 2. The van der Waals surface area contributed by atoms with Crippen LogP contribution in [-0.4, -0.2) is 44.8 Å². The highest BCUT2D eigenvalue weighted by atomic mass is 16.6. The molecule has 1 aliphatic rings. The normalized spacial score (nSPS) is 15.0. The van der Waals surface area contributed by atoms with Gasteiger partial charge in [0.2, 0.25) is 5.76 Å². The highest BCUT2D eigenvalue weighted by Crippen LogP contribution is 2.30. The minimum Gasteiger partial charge on any atom is -0.486 e. The molecule has 30 heavy (non-hydrogen) atoms. The first-order valence-corrected chi connectivity index (χ1v) is 9.47. The highest BCUT2D eigenvalue weighted by Gasteiger charge is 2.24. The summed E-state index contributed by atoms with van der Waals surface area (Å²) in [6, 6.07) is 14.6. The lowest BCUT2D eigenvalue weighted by Crippen LogP contribution is -2.42. The first-order chi connectivity index (χ1) is 14.7. The molecule has 0 spiro atoms. The maximum absolute atomic E-state index is 12.5. The van der Waals surface area contributed by atoms with Gasteiger partial charge in [0.15, 0.2) is 18.1 Å². The number of rotatable bonds is 7. The van der Waals surface area contributed by atoms with Gasteiger partial charge < -0.3 is 28.7 Å². The van der Waals surface area contributed by atoms with Crippen molar-refractivity contribution in [1.82, 2.24) is 5.32 Å². The summed E-state index contributed by atoms with van der Waals surface area (Å²) < 4.78 is 27.3. The van der Waals surface area contributed by atoms with E-state index in [1.807, 2.05) is 30.3 Å². The number of fused-ring (bicyclic) bond motifs is 2. The Morgan fingerprint density at radius 3 is 2.70 bits per heavy atom. The summed E-state index contributed by atoms with van der Waals surface area (Å²) in [6.07, 6.45) is -0.330. The third-order valence-corrected chi connectivity index (χ3v) is 4.60. The van der Waals surface area contributed by atoms with E-state index in [1.165, 1.54) is 7.11 Å². The van der Waals surface area contributed by atoms with Gasteiger partial charge in [-0.25, -0.2) is 4.79 Å². The van der Waals surface area contributed by atoms with Crippen LogP contribution in [-0.2, 0) is 20.9 Å². The Kier molecular flexibility index (Phi) is 5.85. The van der Waals surface area contributed by atoms with Gasteiger partial charge in [0.05, 0.1) is 13.2 Å². The lowest BCUT2D eigenvalue weighted by Gasteiger charge is -2.26. The SMILES string of the molecule is COCc1c(C(=O)OCC(=O)NC[C@@H]2COc3ccccc3O2)oc2ccccc12. The van der Waals surface area contributed by atoms with Crippen molar-refractivity contribution in [2.45, 2.75) is 12.7 Å². The minimum atomic E-state index is -0.723. The maximum atomic E-state index is 12.5. The zero-order valence-corrected chi connectivity index (χ0v) is 16.4. The summed E-state index contributed by atoms with van der Waals surface area (Å²) in [7, 11) is 1.53. The Balaban J connectivity index is 1.31. The molecular formula is C22H21NO7. The molecule has 4 rings (SSSR count). The Morgan fingerprint density at radius 1 is 1.10 bits per heavy atom. The van der Waals surface area contributed by atoms with Crippen LogP contribution in [0.1, 0.15) is 16.1 Å². The molecule has 0 saturated heterocycles. The fourth-order valence-corrected chi connectivity index (χ4v) is 3.19. The van der Waals surface area contributed by atoms with Crippen LogP contribution in [0, 0.1) is 0 Å². The van der Waals surface area contributed by atoms with Gasteiger partial charge >= 0.3 is 5.97 Å². The van der Waals surface area contributed by atoms with Crippen molar-refractivity contribution in [3.63, 3.8) is 0 Å². The molecule has 0 radical (unpaired) electrons. The first kappa shape index (κ1) is 19.8. The molecular weight excluding hydrogens is 390 g/mol. The van der Waals surface area contributed by atoms with Crippen LogP contribution in [0.2, 0.25) is 0 Å². The number of amides is 1. The largest absolute Gasteiger partial charge is 0.486 e. The number of hydrogen-bond donors (Lipinski definition) is 1. The van der Waals surface area contributed by atoms with Gasteiger partial charge in [-0.3, -0.25) is 4.79 Å². The Labute approximate surface area is 172 Å². The predicted molar refractivity (Wildman–Crippen MR) is 107 cm³/mol. The number of methoxy groups -OCH3 is 1. The van der Waals surface area contributed by atoms with Gasteiger partial charge in [0.1, 0.15) is 18.3 Å². The molecule has 2 heterocycles. The van der Waals surface area contributed by atoms with Gasteiger partial charge in [-0.05, 0) is 18.2 Å². The van der Waals surface area contributed by atoms with Crippen LogP contribution in [0.4, 0.5) is 0 Å². The number of carbonyl (C=O) groups excluding carboxylic acids is 2. The van der Waals surface area contributed by atoms with E-state index in [4.69, 9.17) is 23.4 Å². The Hall–Kier alpha value is -3.52. The molecule has 0 aliphatic carbocycles. The van der Waals surface area contributed by atoms with E-state index in [0.29, 0.717) is 29.3 Å². The molecule has 0 saturated carbocycles. The quantitative estimate of drug-likeness (QED) is 0.597. The van der Waals surface area contributed by atoms with Crippen molar-refractivity contribution < 1.29 is 33.0 Å². The zero-order chi connectivity index (χ0) is 20.9. The molecule has 1 aliphatic heterocycles. The summed E-state index contributed by atoms with van der Waals surface area (Å²) in [5.41, 5.74) is 1.14. The molecule has 0 bridgehead atoms. The zero-order valence-electron chi connectivity index (χ0n) is 16.4. The first-order valence-electron chi connectivity index (χ1n) is 9.47. The Bertz CT molecular complexity index is 1060. The molecule has 3 aromatic rings. The number of para-hydroxylation sites is 3. The molecule has 156 valence electrons. The number of esters is 1. The van der Waals surface area contributed by atoms with Gasteiger partial charge in [0.25, 0.3) is 5.91 Å². The molecule has 1 atom stereocenters. The lowest BCUT2D eigenvalue weighted by molar-refractivity contribution is -0.124. The lowest BCUT2D eigenvalue weighted by atomic mass is 10.1. The molecule has 8 heteroatoms. The van der Waals surface area contributed by atoms with Crippen LogP contribution >= 0.6 is 0 Å². The van der Waals surface area contributed by atoms with Crippen molar-refractivity contribution in [1.29, 1.82) is 0 Å². The maximum Gasteiger partial charge on any atom is 0.375 e. The highest BCUT2D eigenvalue weighted by molar-refractivity contribution is 5.96. The molecule has 2 aromatic carbocycles. The van der Waals surface area contributed by atoms with E-state index < -0.39 is 18.5 Å². The number of ether oxygens (including phenoxy) is 4. The second kappa shape index (κ2) is 8.87. The topological polar surface area (TPSA) is 96.2 Å². The molecule has 1 N–H and O–H groups in total. The van der Waals surface area contributed by atoms with E-state index in [1.54, 1.807) is 18.2 Å². The van der Waals surface area contributed by atoms with E-state index >= 15 is 0 Å². The van der Waals surface area contributed by atoms with Crippen LogP contribution in [0.3, 0.4) is 0 Å². The number of furan rings is 1. The summed E-state index contributed by atoms with van der Waals surface area (Å²) in [5, 5.41) is 3.45. The van der Waals surface area contributed by atoms with E-state index in [-0.39, 0.29) is 25.0 Å². The smallest absolute Gasteiger partial charge is 0.375 e. The standard InChI is InChI=1S/C22H21NO7/c1-26-12-16-15-6-2-3-7-17(15)30-21(16)22(25)28-13-20(24)23-10-14-11-27-18-8-4-5-9-19(18)29-14/h2-9,14H,10-13H2,1H3,(H,23,24)/t14-/m1/s1. The summed E-state index contributed by atoms with van der Waals surface area (Å²) in [5.74, 6) is 0.165. The van der Waals surface area contributed by atoms with Gasteiger partial charge in [-0.2, -0.15) is 0 Å². The molecule has 0 unspecified atom stereocenters. The molecule has 1 amide bonds. The third-order valence-electron chi connectivity index (χ3n) is 4.60. The molecule has 0 fully saturated rings. The molecule has 8 nitrogen and oxygen atoms in total. The van der Waals surface area contributed by atoms with Crippen molar-refractivity contribution in [3.05, 3.63) is 59.9 Å². The summed E-state index contributed by atoms with van der Waals surface area (Å²) in [6.45, 7) is 0.293. The van der Waals surface area contributed by atoms with Crippen molar-refractivity contribution in [2.24, 2.45) is 0 Å². The Morgan fingerprint density at radius 2 is 1.87 bits per heavy atom. The van der Waals surface area contributed by atoms with E-state index in [2.05, 4.69) is 5.32 Å². The minimum absolute atomic E-state index is 0.0338. The fraction of sp³-hybridized carbons (Fsp3) is 0.273. The summed E-state index contributed by atoms with van der Waals surface area (Å²) in [4.78, 5) is 24.6. The average Bonchev–Trinajstić information content (AvgIpc) is 3.15. The van der Waals surface area contributed by atoms with Crippen LogP contribution in [0.15, 0.2) is 52.9 Å². The van der Waals surface area contributed by atoms with E-state index in [9.17, 15) is 9.59 Å². The van der Waals surface area contributed by atoms with Gasteiger partial charge in [-0.15, -0.1) is 0 Å². The summed E-state index contributed by atoms with van der Waals surface area (Å²) >= 11 is 0. The van der Waals surface area contributed by atoms with Crippen molar-refractivity contribution >= 4 is 22.8 Å². The van der Waals surface area contributed by atoms with Gasteiger partial charge in [-0.1, -0.05) is 30.3 Å². The number of hydrogen-bond acceptors (Lipinski definition) is 7.